The first kappa shape index (κ1) is 13.1. The summed E-state index contributed by atoms with van der Waals surface area (Å²) in [5, 5.41) is 0. The maximum absolute atomic E-state index is 12.6. The van der Waals surface area contributed by atoms with E-state index in [0.29, 0.717) is 5.56 Å². The normalized spacial score (nSPS) is 11.8. The lowest BCUT2D eigenvalue weighted by atomic mass is 10.1. The third-order valence-electron chi connectivity index (χ3n) is 2.69. The zero-order chi connectivity index (χ0) is 13.3. The van der Waals surface area contributed by atoms with Gasteiger partial charge in [-0.05, 0) is 31.0 Å². The number of hydrogen-bond acceptors (Lipinski definition) is 2. The van der Waals surface area contributed by atoms with E-state index in [2.05, 4.69) is 4.98 Å². The molecule has 0 atom stereocenters. The summed E-state index contributed by atoms with van der Waals surface area (Å²) in [5.41, 5.74) is 0.941. The molecule has 0 saturated heterocycles. The number of aromatic nitrogens is 1. The fourth-order valence-corrected chi connectivity index (χ4v) is 2.84. The van der Waals surface area contributed by atoms with Crippen LogP contribution in [-0.2, 0) is 12.6 Å². The van der Waals surface area contributed by atoms with Crippen molar-refractivity contribution in [1.29, 1.82) is 0 Å². The van der Waals surface area contributed by atoms with Crippen LogP contribution in [0.15, 0.2) is 24.5 Å². The summed E-state index contributed by atoms with van der Waals surface area (Å²) in [6, 6.07) is 3.07. The highest BCUT2D eigenvalue weighted by atomic mass is 32.1. The molecule has 1 nitrogen and oxygen atoms in total. The van der Waals surface area contributed by atoms with Crippen LogP contribution in [0, 0.1) is 6.92 Å². The van der Waals surface area contributed by atoms with Crippen LogP contribution < -0.4 is 0 Å². The van der Waals surface area contributed by atoms with Crippen molar-refractivity contribution in [1.82, 2.24) is 4.98 Å². The van der Waals surface area contributed by atoms with Crippen molar-refractivity contribution < 1.29 is 13.2 Å². The molecule has 0 radical (unpaired) electrons. The highest BCUT2D eigenvalue weighted by Crippen LogP contribution is 2.35. The average molecular weight is 271 g/mol. The molecule has 0 bridgehead atoms. The largest absolute Gasteiger partial charge is 0.417 e. The number of aryl methyl sites for hydroxylation is 2. The summed E-state index contributed by atoms with van der Waals surface area (Å²) in [6.07, 6.45) is -1.13. The quantitative estimate of drug-likeness (QED) is 0.771. The number of alkyl halides is 3. The Hall–Kier alpha value is -1.36. The minimum absolute atomic E-state index is 0.526. The van der Waals surface area contributed by atoms with E-state index < -0.39 is 11.7 Å². The summed E-state index contributed by atoms with van der Waals surface area (Å²) in [4.78, 5) is 5.71. The summed E-state index contributed by atoms with van der Waals surface area (Å²) < 4.78 is 37.8. The standard InChI is InChI=1S/C13H12F3NS/c1-3-11-8(2)4-12(18-11)9-5-10(7-17-6-9)13(14,15)16/h4-7H,3H2,1-2H3. The maximum atomic E-state index is 12.6. The van der Waals surface area contributed by atoms with Crippen molar-refractivity contribution in [2.75, 3.05) is 0 Å². The molecular formula is C13H12F3NS. The van der Waals surface area contributed by atoms with E-state index in [1.54, 1.807) is 0 Å². The lowest BCUT2D eigenvalue weighted by Crippen LogP contribution is -2.05. The molecular weight excluding hydrogens is 259 g/mol. The molecule has 0 N–H and O–H groups in total. The second-order valence-corrected chi connectivity index (χ2v) is 5.17. The second-order valence-electron chi connectivity index (χ2n) is 4.03. The molecule has 0 aliphatic heterocycles. The van der Waals surface area contributed by atoms with Crippen molar-refractivity contribution in [3.05, 3.63) is 40.5 Å². The van der Waals surface area contributed by atoms with Crippen LogP contribution >= 0.6 is 11.3 Å². The molecule has 0 aliphatic carbocycles. The molecule has 0 amide bonds. The van der Waals surface area contributed by atoms with Gasteiger partial charge in [0.15, 0.2) is 0 Å². The van der Waals surface area contributed by atoms with Crippen LogP contribution in [0.3, 0.4) is 0 Å². The summed E-state index contributed by atoms with van der Waals surface area (Å²) in [5.74, 6) is 0. The molecule has 0 unspecified atom stereocenters. The molecule has 0 aliphatic rings. The summed E-state index contributed by atoms with van der Waals surface area (Å²) in [7, 11) is 0. The molecule has 2 rings (SSSR count). The average Bonchev–Trinajstić information content (AvgIpc) is 2.70. The Morgan fingerprint density at radius 3 is 2.50 bits per heavy atom. The van der Waals surface area contributed by atoms with E-state index in [0.717, 1.165) is 29.1 Å². The molecule has 2 heterocycles. The van der Waals surface area contributed by atoms with Gasteiger partial charge in [0.05, 0.1) is 5.56 Å². The molecule has 0 saturated carbocycles. The Balaban J connectivity index is 2.44. The number of rotatable bonds is 2. The van der Waals surface area contributed by atoms with Gasteiger partial charge in [0.2, 0.25) is 0 Å². The first-order valence-corrected chi connectivity index (χ1v) is 6.35. The van der Waals surface area contributed by atoms with Gasteiger partial charge in [0.1, 0.15) is 0 Å². The monoisotopic (exact) mass is 271 g/mol. The number of hydrogen-bond donors (Lipinski definition) is 0. The molecule has 2 aromatic rings. The van der Waals surface area contributed by atoms with E-state index in [9.17, 15) is 13.2 Å². The minimum Gasteiger partial charge on any atom is -0.263 e. The smallest absolute Gasteiger partial charge is 0.263 e. The third-order valence-corrected chi connectivity index (χ3v) is 4.12. The number of thiophene rings is 1. The predicted octanol–water partition coefficient (Wildman–Crippen LogP) is 4.70. The van der Waals surface area contributed by atoms with Crippen LogP contribution in [0.5, 0.6) is 0 Å². The van der Waals surface area contributed by atoms with Crippen LogP contribution in [-0.4, -0.2) is 4.98 Å². The van der Waals surface area contributed by atoms with Crippen molar-refractivity contribution in [3.63, 3.8) is 0 Å². The first-order valence-electron chi connectivity index (χ1n) is 5.53. The van der Waals surface area contributed by atoms with E-state index >= 15 is 0 Å². The Bertz CT molecular complexity index is 558. The first-order chi connectivity index (χ1) is 8.41. The van der Waals surface area contributed by atoms with Gasteiger partial charge in [0.25, 0.3) is 0 Å². The van der Waals surface area contributed by atoms with E-state index in [-0.39, 0.29) is 0 Å². The number of nitrogens with zero attached hydrogens (tertiary/aromatic N) is 1. The van der Waals surface area contributed by atoms with E-state index in [1.165, 1.54) is 22.4 Å². The van der Waals surface area contributed by atoms with Gasteiger partial charge in [-0.25, -0.2) is 0 Å². The molecule has 5 heteroatoms. The van der Waals surface area contributed by atoms with Gasteiger partial charge >= 0.3 is 6.18 Å². The minimum atomic E-state index is -4.34. The second kappa shape index (κ2) is 4.72. The van der Waals surface area contributed by atoms with Gasteiger partial charge in [-0.3, -0.25) is 4.98 Å². The van der Waals surface area contributed by atoms with E-state index in [4.69, 9.17) is 0 Å². The summed E-state index contributed by atoms with van der Waals surface area (Å²) >= 11 is 1.52. The SMILES string of the molecule is CCc1sc(-c2cncc(C(F)(F)F)c2)cc1C. The Labute approximate surface area is 107 Å². The lowest BCUT2D eigenvalue weighted by Gasteiger charge is -2.06. The van der Waals surface area contributed by atoms with Crippen molar-refractivity contribution in [2.24, 2.45) is 0 Å². The van der Waals surface area contributed by atoms with Gasteiger partial charge in [-0.2, -0.15) is 13.2 Å². The molecule has 0 fully saturated rings. The fourth-order valence-electron chi connectivity index (χ4n) is 1.74. The summed E-state index contributed by atoms with van der Waals surface area (Å²) in [6.45, 7) is 4.01. The Morgan fingerprint density at radius 1 is 1.22 bits per heavy atom. The molecule has 2 aromatic heterocycles. The van der Waals surface area contributed by atoms with Crippen molar-refractivity contribution in [2.45, 2.75) is 26.4 Å². The zero-order valence-electron chi connectivity index (χ0n) is 10.0. The van der Waals surface area contributed by atoms with Gasteiger partial charge < -0.3 is 0 Å². The fraction of sp³-hybridized carbons (Fsp3) is 0.308. The van der Waals surface area contributed by atoms with Gasteiger partial charge in [0, 0.05) is 27.7 Å². The van der Waals surface area contributed by atoms with Crippen LogP contribution in [0.4, 0.5) is 13.2 Å². The van der Waals surface area contributed by atoms with Crippen molar-refractivity contribution >= 4 is 11.3 Å². The van der Waals surface area contributed by atoms with Gasteiger partial charge in [-0.1, -0.05) is 6.92 Å². The third kappa shape index (κ3) is 2.56. The topological polar surface area (TPSA) is 12.9 Å². The Morgan fingerprint density at radius 2 is 1.94 bits per heavy atom. The molecule has 0 spiro atoms. The predicted molar refractivity (Wildman–Crippen MR) is 66.7 cm³/mol. The number of pyridine rings is 1. The lowest BCUT2D eigenvalue weighted by molar-refractivity contribution is -0.137. The molecule has 18 heavy (non-hydrogen) atoms. The van der Waals surface area contributed by atoms with Crippen LogP contribution in [0.25, 0.3) is 10.4 Å². The molecule has 96 valence electrons. The van der Waals surface area contributed by atoms with Crippen LogP contribution in [0.1, 0.15) is 22.9 Å². The van der Waals surface area contributed by atoms with E-state index in [1.807, 2.05) is 19.9 Å². The molecule has 0 aromatic carbocycles. The zero-order valence-corrected chi connectivity index (χ0v) is 10.8. The highest BCUT2D eigenvalue weighted by molar-refractivity contribution is 7.15. The van der Waals surface area contributed by atoms with Gasteiger partial charge in [-0.15, -0.1) is 11.3 Å². The van der Waals surface area contributed by atoms with Crippen LogP contribution in [0.2, 0.25) is 0 Å². The van der Waals surface area contributed by atoms with Crippen molar-refractivity contribution in [3.8, 4) is 10.4 Å². The maximum Gasteiger partial charge on any atom is 0.417 e. The highest BCUT2D eigenvalue weighted by Gasteiger charge is 2.31. The Kier molecular flexibility index (Phi) is 3.43. The number of halogens is 3.